The first-order valence-electron chi connectivity index (χ1n) is 4.15. The fourth-order valence-corrected chi connectivity index (χ4v) is 1.58. The number of nitrogens with two attached hydrogens (primary N) is 1. The Morgan fingerprint density at radius 2 is 2.08 bits per heavy atom. The second kappa shape index (κ2) is 4.09. The fourth-order valence-electron chi connectivity index (χ4n) is 1.58. The van der Waals surface area contributed by atoms with Crippen LogP contribution in [0.1, 0.15) is 25.7 Å². The van der Waals surface area contributed by atoms with Gasteiger partial charge in [0.2, 0.25) is 0 Å². The van der Waals surface area contributed by atoms with Gasteiger partial charge in [-0.25, -0.2) is 4.79 Å². The molecule has 68 valence electrons. The molecule has 1 fully saturated rings. The summed E-state index contributed by atoms with van der Waals surface area (Å²) in [4.78, 5) is 20.9. The summed E-state index contributed by atoms with van der Waals surface area (Å²) < 4.78 is 4.80. The van der Waals surface area contributed by atoms with Gasteiger partial charge < -0.3 is 15.3 Å². The summed E-state index contributed by atoms with van der Waals surface area (Å²) >= 11 is 0. The predicted molar refractivity (Wildman–Crippen MR) is 42.5 cm³/mol. The third-order valence-corrected chi connectivity index (χ3v) is 2.20. The van der Waals surface area contributed by atoms with Crippen molar-refractivity contribution in [2.45, 2.75) is 31.8 Å². The van der Waals surface area contributed by atoms with Crippen molar-refractivity contribution in [3.05, 3.63) is 0 Å². The number of amides is 1. The zero-order valence-corrected chi connectivity index (χ0v) is 6.86. The topological polar surface area (TPSA) is 69.4 Å². The monoisotopic (exact) mass is 171 g/mol. The Labute approximate surface area is 71.1 Å². The van der Waals surface area contributed by atoms with E-state index in [1.165, 1.54) is 0 Å². The van der Waals surface area contributed by atoms with Crippen LogP contribution in [0.15, 0.2) is 0 Å². The molecule has 0 aromatic rings. The lowest BCUT2D eigenvalue weighted by molar-refractivity contribution is -0.115. The lowest BCUT2D eigenvalue weighted by Gasteiger charge is -2.26. The Kier molecular flexibility index (Phi) is 3.08. The molecule has 0 aromatic heterocycles. The van der Waals surface area contributed by atoms with Gasteiger partial charge in [0.05, 0.1) is 5.92 Å². The lowest BCUT2D eigenvalue weighted by atomic mass is 9.87. The highest BCUT2D eigenvalue weighted by Crippen LogP contribution is 2.25. The number of hydrogen-bond donors (Lipinski definition) is 1. The number of carbonyl (C=O) groups is 2. The van der Waals surface area contributed by atoms with Gasteiger partial charge in [-0.3, -0.25) is 0 Å². The van der Waals surface area contributed by atoms with Crippen LogP contribution in [0.25, 0.3) is 0 Å². The third-order valence-electron chi connectivity index (χ3n) is 2.20. The smallest absolute Gasteiger partial charge is 0.404 e. The molecular formula is C8H13NO3. The molecule has 0 heterocycles. The molecule has 1 rings (SSSR count). The van der Waals surface area contributed by atoms with Gasteiger partial charge in [-0.1, -0.05) is 6.42 Å². The van der Waals surface area contributed by atoms with E-state index < -0.39 is 6.09 Å². The van der Waals surface area contributed by atoms with E-state index in [1.807, 2.05) is 0 Å². The van der Waals surface area contributed by atoms with Crippen molar-refractivity contribution in [2.24, 2.45) is 11.7 Å². The molecule has 0 saturated heterocycles. The molecule has 4 heteroatoms. The molecule has 4 nitrogen and oxygen atoms in total. The third kappa shape index (κ3) is 2.22. The average molecular weight is 171 g/mol. The van der Waals surface area contributed by atoms with Gasteiger partial charge >= 0.3 is 6.09 Å². The first-order valence-corrected chi connectivity index (χ1v) is 4.15. The highest BCUT2D eigenvalue weighted by atomic mass is 16.6. The molecule has 0 unspecified atom stereocenters. The molecule has 0 radical (unpaired) electrons. The van der Waals surface area contributed by atoms with E-state index >= 15 is 0 Å². The molecule has 1 aliphatic rings. The normalized spacial score (nSPS) is 29.3. The SMILES string of the molecule is NC(=O)O[C@H]1CCCC[C@@H]1C=O. The highest BCUT2D eigenvalue weighted by Gasteiger charge is 2.26. The molecule has 1 saturated carbocycles. The van der Waals surface area contributed by atoms with Crippen molar-refractivity contribution in [3.8, 4) is 0 Å². The summed E-state index contributed by atoms with van der Waals surface area (Å²) in [6, 6.07) is 0. The van der Waals surface area contributed by atoms with Crippen molar-refractivity contribution in [1.82, 2.24) is 0 Å². The first-order chi connectivity index (χ1) is 5.74. The van der Waals surface area contributed by atoms with Crippen LogP contribution < -0.4 is 5.73 Å². The van der Waals surface area contributed by atoms with Crippen molar-refractivity contribution < 1.29 is 14.3 Å². The molecule has 2 atom stereocenters. The van der Waals surface area contributed by atoms with Crippen LogP contribution in [0.5, 0.6) is 0 Å². The minimum atomic E-state index is -0.784. The van der Waals surface area contributed by atoms with Gasteiger partial charge in [-0.15, -0.1) is 0 Å². The van der Waals surface area contributed by atoms with Crippen LogP contribution in [0.3, 0.4) is 0 Å². The molecule has 1 aliphatic carbocycles. The van der Waals surface area contributed by atoms with E-state index in [1.54, 1.807) is 0 Å². The summed E-state index contributed by atoms with van der Waals surface area (Å²) in [5, 5.41) is 0. The van der Waals surface area contributed by atoms with E-state index in [0.717, 1.165) is 32.0 Å². The zero-order valence-electron chi connectivity index (χ0n) is 6.86. The summed E-state index contributed by atoms with van der Waals surface area (Å²) in [7, 11) is 0. The van der Waals surface area contributed by atoms with Crippen molar-refractivity contribution in [1.29, 1.82) is 0 Å². The second-order valence-electron chi connectivity index (χ2n) is 3.06. The second-order valence-corrected chi connectivity index (χ2v) is 3.06. The van der Waals surface area contributed by atoms with Gasteiger partial charge in [0, 0.05) is 0 Å². The minimum Gasteiger partial charge on any atom is -0.446 e. The van der Waals surface area contributed by atoms with Gasteiger partial charge in [-0.2, -0.15) is 0 Å². The van der Waals surface area contributed by atoms with Crippen LogP contribution in [-0.4, -0.2) is 18.5 Å². The Hall–Kier alpha value is -1.06. The minimum absolute atomic E-state index is 0.147. The van der Waals surface area contributed by atoms with Gasteiger partial charge in [0.1, 0.15) is 12.4 Å². The molecule has 12 heavy (non-hydrogen) atoms. The van der Waals surface area contributed by atoms with Crippen LogP contribution in [0.2, 0.25) is 0 Å². The number of hydrogen-bond acceptors (Lipinski definition) is 3. The number of carbonyl (C=O) groups excluding carboxylic acids is 2. The summed E-state index contributed by atoms with van der Waals surface area (Å²) in [5.41, 5.74) is 4.86. The largest absolute Gasteiger partial charge is 0.446 e. The Morgan fingerprint density at radius 1 is 1.42 bits per heavy atom. The number of primary amides is 1. The fraction of sp³-hybridized carbons (Fsp3) is 0.750. The quantitative estimate of drug-likeness (QED) is 0.626. The van der Waals surface area contributed by atoms with Crippen molar-refractivity contribution >= 4 is 12.4 Å². The van der Waals surface area contributed by atoms with Crippen LogP contribution in [0, 0.1) is 5.92 Å². The first kappa shape index (κ1) is 9.03. The lowest BCUT2D eigenvalue weighted by Crippen LogP contribution is -2.32. The Balaban J connectivity index is 2.46. The van der Waals surface area contributed by atoms with Gasteiger partial charge in [0.25, 0.3) is 0 Å². The predicted octanol–water partition coefficient (Wildman–Crippen LogP) is 0.839. The van der Waals surface area contributed by atoms with E-state index in [2.05, 4.69) is 0 Å². The van der Waals surface area contributed by atoms with E-state index in [0.29, 0.717) is 0 Å². The maximum absolute atomic E-state index is 10.5. The standard InChI is InChI=1S/C8H13NO3/c9-8(11)12-7-4-2-1-3-6(7)5-10/h5-7H,1-4H2,(H2,9,11)/t6-,7+/m1/s1. The highest BCUT2D eigenvalue weighted by molar-refractivity contribution is 5.65. The number of rotatable bonds is 2. The van der Waals surface area contributed by atoms with Gasteiger partial charge in [-0.05, 0) is 19.3 Å². The van der Waals surface area contributed by atoms with E-state index in [-0.39, 0.29) is 12.0 Å². The van der Waals surface area contributed by atoms with Crippen LogP contribution >= 0.6 is 0 Å². The molecule has 0 aliphatic heterocycles. The summed E-state index contributed by atoms with van der Waals surface area (Å²) in [5.74, 6) is -0.147. The molecular weight excluding hydrogens is 158 g/mol. The van der Waals surface area contributed by atoms with Crippen LogP contribution in [-0.2, 0) is 9.53 Å². The Morgan fingerprint density at radius 3 is 2.67 bits per heavy atom. The number of aldehydes is 1. The van der Waals surface area contributed by atoms with Crippen molar-refractivity contribution in [2.75, 3.05) is 0 Å². The molecule has 0 aromatic carbocycles. The molecule has 1 amide bonds. The maximum Gasteiger partial charge on any atom is 0.404 e. The van der Waals surface area contributed by atoms with Crippen molar-refractivity contribution in [3.63, 3.8) is 0 Å². The zero-order chi connectivity index (χ0) is 8.97. The van der Waals surface area contributed by atoms with Gasteiger partial charge in [0.15, 0.2) is 0 Å². The number of ether oxygens (including phenoxy) is 1. The Bertz CT molecular complexity index is 181. The van der Waals surface area contributed by atoms with E-state index in [9.17, 15) is 9.59 Å². The molecule has 0 bridgehead atoms. The maximum atomic E-state index is 10.5. The molecule has 0 spiro atoms. The van der Waals surface area contributed by atoms with E-state index in [4.69, 9.17) is 10.5 Å². The molecule has 2 N–H and O–H groups in total. The average Bonchev–Trinajstić information content (AvgIpc) is 2.04. The van der Waals surface area contributed by atoms with Crippen LogP contribution in [0.4, 0.5) is 4.79 Å². The summed E-state index contributed by atoms with van der Waals surface area (Å²) in [6.45, 7) is 0. The summed E-state index contributed by atoms with van der Waals surface area (Å²) in [6.07, 6.45) is 3.38.